The molecule has 1 atom stereocenters. The average Bonchev–Trinajstić information content (AvgIpc) is 3.40. The number of hydrogen-bond donors (Lipinski definition) is 0. The third-order valence-electron chi connectivity index (χ3n) is 14.0. The van der Waals surface area contributed by atoms with E-state index in [0.717, 1.165) is 109 Å². The molecule has 0 aliphatic rings. The van der Waals surface area contributed by atoms with Crippen LogP contribution in [-0.2, 0) is 28.6 Å². The first kappa shape index (κ1) is 70.8. The largest absolute Gasteiger partial charge is 0.462 e. The Hall–Kier alpha value is -3.15. The van der Waals surface area contributed by atoms with E-state index in [4.69, 9.17) is 14.2 Å². The zero-order valence-electron chi connectivity index (χ0n) is 49.1. The normalized spacial score (nSPS) is 12.5. The van der Waals surface area contributed by atoms with Crippen molar-refractivity contribution in [3.8, 4) is 0 Å². The predicted molar refractivity (Wildman–Crippen MR) is 321 cm³/mol. The number of rotatable bonds is 58. The molecular formula is C68H120O6. The molecule has 0 aliphatic carbocycles. The van der Waals surface area contributed by atoms with Crippen LogP contribution < -0.4 is 0 Å². The topological polar surface area (TPSA) is 78.9 Å². The number of unbranched alkanes of at least 4 members (excludes halogenated alkanes) is 35. The van der Waals surface area contributed by atoms with Crippen LogP contribution in [0.2, 0.25) is 0 Å². The Morgan fingerprint density at radius 3 is 0.838 bits per heavy atom. The van der Waals surface area contributed by atoms with Gasteiger partial charge in [-0.2, -0.15) is 0 Å². The first-order valence-corrected chi connectivity index (χ1v) is 31.9. The Morgan fingerprint density at radius 2 is 0.527 bits per heavy atom. The van der Waals surface area contributed by atoms with Crippen molar-refractivity contribution in [3.63, 3.8) is 0 Å². The summed E-state index contributed by atoms with van der Waals surface area (Å²) in [5.74, 6) is -0.913. The third-order valence-corrected chi connectivity index (χ3v) is 14.0. The summed E-state index contributed by atoms with van der Waals surface area (Å²) in [5, 5.41) is 0. The molecule has 0 aliphatic heterocycles. The van der Waals surface area contributed by atoms with Gasteiger partial charge in [-0.1, -0.05) is 293 Å². The highest BCUT2D eigenvalue weighted by Crippen LogP contribution is 2.17. The maximum Gasteiger partial charge on any atom is 0.306 e. The van der Waals surface area contributed by atoms with Crippen molar-refractivity contribution in [3.05, 3.63) is 72.9 Å². The minimum absolute atomic E-state index is 0.0865. The van der Waals surface area contributed by atoms with Crippen LogP contribution in [0, 0.1) is 0 Å². The van der Waals surface area contributed by atoms with Crippen molar-refractivity contribution in [1.82, 2.24) is 0 Å². The van der Waals surface area contributed by atoms with Gasteiger partial charge in [0.25, 0.3) is 0 Å². The van der Waals surface area contributed by atoms with E-state index in [1.165, 1.54) is 173 Å². The van der Waals surface area contributed by atoms with Crippen molar-refractivity contribution in [2.24, 2.45) is 0 Å². The number of hydrogen-bond acceptors (Lipinski definition) is 6. The second-order valence-corrected chi connectivity index (χ2v) is 21.3. The van der Waals surface area contributed by atoms with Gasteiger partial charge in [0, 0.05) is 19.3 Å². The number of carbonyl (C=O) groups is 3. The maximum atomic E-state index is 12.9. The molecule has 0 spiro atoms. The highest BCUT2D eigenvalue weighted by atomic mass is 16.6. The molecule has 0 saturated carbocycles. The summed E-state index contributed by atoms with van der Waals surface area (Å²) >= 11 is 0. The fraction of sp³-hybridized carbons (Fsp3) is 0.779. The van der Waals surface area contributed by atoms with Crippen LogP contribution in [0.4, 0.5) is 0 Å². The molecule has 6 nitrogen and oxygen atoms in total. The monoisotopic (exact) mass is 1030 g/mol. The molecule has 74 heavy (non-hydrogen) atoms. The summed E-state index contributed by atoms with van der Waals surface area (Å²) < 4.78 is 16.9. The quantitative estimate of drug-likeness (QED) is 0.0261. The lowest BCUT2D eigenvalue weighted by Crippen LogP contribution is -2.30. The molecule has 0 aromatic carbocycles. The van der Waals surface area contributed by atoms with Gasteiger partial charge >= 0.3 is 17.9 Å². The number of carbonyl (C=O) groups excluding carboxylic acids is 3. The Labute approximate surface area is 459 Å². The summed E-state index contributed by atoms with van der Waals surface area (Å²) in [6, 6.07) is 0. The molecule has 0 rings (SSSR count). The van der Waals surface area contributed by atoms with Gasteiger partial charge in [-0.05, 0) is 83.5 Å². The molecule has 0 aromatic heterocycles. The fourth-order valence-corrected chi connectivity index (χ4v) is 9.24. The minimum atomic E-state index is -0.792. The van der Waals surface area contributed by atoms with Gasteiger partial charge in [-0.3, -0.25) is 14.4 Å². The summed E-state index contributed by atoms with van der Waals surface area (Å²) in [6.45, 7) is 6.42. The molecule has 1 unspecified atom stereocenters. The van der Waals surface area contributed by atoms with E-state index in [-0.39, 0.29) is 31.1 Å². The Kier molecular flexibility index (Phi) is 59.7. The Bertz CT molecular complexity index is 1370. The van der Waals surface area contributed by atoms with Crippen LogP contribution in [0.3, 0.4) is 0 Å². The molecule has 0 aromatic rings. The Balaban J connectivity index is 4.25. The molecule has 428 valence electrons. The lowest BCUT2D eigenvalue weighted by Gasteiger charge is -2.18. The zero-order valence-corrected chi connectivity index (χ0v) is 49.1. The van der Waals surface area contributed by atoms with Crippen molar-refractivity contribution in [2.75, 3.05) is 13.2 Å². The highest BCUT2D eigenvalue weighted by Gasteiger charge is 2.19. The molecule has 0 radical (unpaired) electrons. The number of ether oxygens (including phenoxy) is 3. The van der Waals surface area contributed by atoms with Crippen molar-refractivity contribution < 1.29 is 28.6 Å². The standard InChI is InChI=1S/C68H120O6/c1-4-7-10-13-16-19-22-25-27-29-30-31-32-33-34-35-36-37-39-40-43-46-49-52-55-58-61-67(70)73-64-65(63-72-66(69)60-57-54-51-48-45-42-24-21-18-15-12-9-6-3)74-68(71)62-59-56-53-50-47-44-41-38-28-26-23-20-17-14-11-8-5-2/h8-9,11-12,17-18,20-21,26,28,42,45,65H,4-7,10,13-16,19,22-25,27,29-41,43-44,46-64H2,1-3H3/b11-8-,12-9-,20-17-,21-18-,28-26-,45-42-. The van der Waals surface area contributed by atoms with Crippen molar-refractivity contribution >= 4 is 17.9 Å². The van der Waals surface area contributed by atoms with Crippen LogP contribution >= 0.6 is 0 Å². The van der Waals surface area contributed by atoms with E-state index < -0.39 is 6.10 Å². The van der Waals surface area contributed by atoms with E-state index in [0.29, 0.717) is 19.3 Å². The fourth-order valence-electron chi connectivity index (χ4n) is 9.24. The number of allylic oxidation sites excluding steroid dienone is 12. The first-order chi connectivity index (χ1) is 36.5. The lowest BCUT2D eigenvalue weighted by molar-refractivity contribution is -0.167. The molecule has 0 amide bonds. The van der Waals surface area contributed by atoms with Crippen LogP contribution in [0.1, 0.15) is 323 Å². The molecule has 6 heteroatoms. The smallest absolute Gasteiger partial charge is 0.306 e. The van der Waals surface area contributed by atoms with Crippen LogP contribution in [0.5, 0.6) is 0 Å². The summed E-state index contributed by atoms with van der Waals surface area (Å²) in [6.07, 6.45) is 80.7. The van der Waals surface area contributed by atoms with Crippen molar-refractivity contribution in [1.29, 1.82) is 0 Å². The maximum absolute atomic E-state index is 12.9. The van der Waals surface area contributed by atoms with E-state index in [2.05, 4.69) is 93.7 Å². The summed E-state index contributed by atoms with van der Waals surface area (Å²) in [4.78, 5) is 38.2. The van der Waals surface area contributed by atoms with Gasteiger partial charge in [0.05, 0.1) is 0 Å². The van der Waals surface area contributed by atoms with Crippen LogP contribution in [0.15, 0.2) is 72.9 Å². The SMILES string of the molecule is CC/C=C\C/C=C\C/C=C\CCCCCCCCCC(=O)OC(COC(=O)CCCCC/C=C\C/C=C\C/C=C\CC)COC(=O)CCCCCCCCCCCCCCCCCCCCCCCCCCCC. The second-order valence-electron chi connectivity index (χ2n) is 21.3. The second kappa shape index (κ2) is 62.4. The third kappa shape index (κ3) is 59.7. The zero-order chi connectivity index (χ0) is 53.6. The molecule has 0 heterocycles. The van der Waals surface area contributed by atoms with Gasteiger partial charge in [-0.15, -0.1) is 0 Å². The van der Waals surface area contributed by atoms with Gasteiger partial charge in [0.15, 0.2) is 6.10 Å². The molecule has 0 bridgehead atoms. The summed E-state index contributed by atoms with van der Waals surface area (Å²) in [5.41, 5.74) is 0. The lowest BCUT2D eigenvalue weighted by atomic mass is 10.0. The summed E-state index contributed by atoms with van der Waals surface area (Å²) in [7, 11) is 0. The molecule has 0 saturated heterocycles. The van der Waals surface area contributed by atoms with Crippen molar-refractivity contribution in [2.45, 2.75) is 329 Å². The molecule has 0 fully saturated rings. The van der Waals surface area contributed by atoms with E-state index in [9.17, 15) is 14.4 Å². The molecular weight excluding hydrogens is 913 g/mol. The Morgan fingerprint density at radius 1 is 0.284 bits per heavy atom. The van der Waals surface area contributed by atoms with E-state index >= 15 is 0 Å². The van der Waals surface area contributed by atoms with Gasteiger partial charge in [-0.25, -0.2) is 0 Å². The van der Waals surface area contributed by atoms with Crippen LogP contribution in [-0.4, -0.2) is 37.2 Å². The first-order valence-electron chi connectivity index (χ1n) is 31.9. The average molecular weight is 1030 g/mol. The van der Waals surface area contributed by atoms with Crippen LogP contribution in [0.25, 0.3) is 0 Å². The number of esters is 3. The van der Waals surface area contributed by atoms with Gasteiger partial charge < -0.3 is 14.2 Å². The highest BCUT2D eigenvalue weighted by molar-refractivity contribution is 5.71. The minimum Gasteiger partial charge on any atom is -0.462 e. The molecule has 0 N–H and O–H groups in total. The predicted octanol–water partition coefficient (Wildman–Crippen LogP) is 21.7. The van der Waals surface area contributed by atoms with Gasteiger partial charge in [0.1, 0.15) is 13.2 Å². The van der Waals surface area contributed by atoms with E-state index in [1.54, 1.807) is 0 Å². The van der Waals surface area contributed by atoms with Gasteiger partial charge in [0.2, 0.25) is 0 Å². The van der Waals surface area contributed by atoms with E-state index in [1.807, 2.05) is 0 Å².